The lowest BCUT2D eigenvalue weighted by Gasteiger charge is -2.06. The molecular weight excluding hydrogens is 348 g/mol. The number of anilines is 1. The molecule has 6 heteroatoms. The summed E-state index contributed by atoms with van der Waals surface area (Å²) < 4.78 is 12.1. The fourth-order valence-corrected chi connectivity index (χ4v) is 3.36. The van der Waals surface area contributed by atoms with Crippen LogP contribution in [0.2, 0.25) is 0 Å². The first kappa shape index (κ1) is 18.2. The predicted octanol–water partition coefficient (Wildman–Crippen LogP) is 4.80. The topological polar surface area (TPSA) is 60.5 Å². The number of carbonyl (C=O) groups is 1. The van der Waals surface area contributed by atoms with Crippen LogP contribution < -0.4 is 14.8 Å². The van der Waals surface area contributed by atoms with Gasteiger partial charge in [-0.05, 0) is 50.6 Å². The summed E-state index contributed by atoms with van der Waals surface area (Å²) in [6.45, 7) is 5.12. The fourth-order valence-electron chi connectivity index (χ4n) is 2.45. The van der Waals surface area contributed by atoms with Crippen LogP contribution in [-0.2, 0) is 4.79 Å². The first-order valence-electron chi connectivity index (χ1n) is 8.67. The third kappa shape index (κ3) is 4.95. The number of carbonyl (C=O) groups excluding carboxylic acids is 1. The van der Waals surface area contributed by atoms with Gasteiger partial charge in [-0.25, -0.2) is 4.98 Å². The Morgan fingerprint density at radius 2 is 1.88 bits per heavy atom. The van der Waals surface area contributed by atoms with Gasteiger partial charge in [0, 0.05) is 6.42 Å². The Morgan fingerprint density at radius 3 is 2.65 bits per heavy atom. The maximum atomic E-state index is 12.1. The van der Waals surface area contributed by atoms with Crippen molar-refractivity contribution in [3.05, 3.63) is 48.0 Å². The van der Waals surface area contributed by atoms with Gasteiger partial charge in [-0.1, -0.05) is 29.0 Å². The second-order valence-electron chi connectivity index (χ2n) is 5.89. The molecule has 3 aromatic rings. The van der Waals surface area contributed by atoms with Gasteiger partial charge < -0.3 is 14.8 Å². The van der Waals surface area contributed by atoms with E-state index in [0.29, 0.717) is 31.2 Å². The van der Waals surface area contributed by atoms with E-state index in [1.165, 1.54) is 16.9 Å². The van der Waals surface area contributed by atoms with Gasteiger partial charge in [-0.2, -0.15) is 0 Å². The smallest absolute Gasteiger partial charge is 0.226 e. The Bertz CT molecular complexity index is 874. The molecule has 136 valence electrons. The Balaban J connectivity index is 1.46. The van der Waals surface area contributed by atoms with E-state index in [1.54, 1.807) is 0 Å². The van der Waals surface area contributed by atoms with E-state index in [9.17, 15) is 4.79 Å². The van der Waals surface area contributed by atoms with Gasteiger partial charge in [0.1, 0.15) is 11.5 Å². The van der Waals surface area contributed by atoms with Crippen molar-refractivity contribution in [1.29, 1.82) is 0 Å². The van der Waals surface area contributed by atoms with Crippen molar-refractivity contribution in [2.24, 2.45) is 0 Å². The number of nitrogens with zero attached hydrogens (tertiary/aromatic N) is 1. The minimum atomic E-state index is -0.0541. The molecule has 1 heterocycles. The van der Waals surface area contributed by atoms with Crippen LogP contribution in [0.25, 0.3) is 10.2 Å². The lowest BCUT2D eigenvalue weighted by Crippen LogP contribution is -2.12. The van der Waals surface area contributed by atoms with Gasteiger partial charge >= 0.3 is 0 Å². The summed E-state index contributed by atoms with van der Waals surface area (Å²) in [7, 11) is 0. The molecule has 0 aliphatic heterocycles. The quantitative estimate of drug-likeness (QED) is 0.579. The Morgan fingerprint density at radius 1 is 1.12 bits per heavy atom. The summed E-state index contributed by atoms with van der Waals surface area (Å²) >= 11 is 1.45. The van der Waals surface area contributed by atoms with Gasteiger partial charge in [-0.15, -0.1) is 0 Å². The van der Waals surface area contributed by atoms with E-state index in [0.717, 1.165) is 21.7 Å². The van der Waals surface area contributed by atoms with Crippen molar-refractivity contribution in [2.75, 3.05) is 18.5 Å². The minimum Gasteiger partial charge on any atom is -0.494 e. The van der Waals surface area contributed by atoms with E-state index in [2.05, 4.69) is 10.3 Å². The number of amides is 1. The SMILES string of the molecule is CCOc1ccc2nc(NC(=O)CCCOc3ccc(C)cc3)sc2c1. The summed E-state index contributed by atoms with van der Waals surface area (Å²) in [5, 5.41) is 3.47. The molecule has 0 atom stereocenters. The van der Waals surface area contributed by atoms with Crippen LogP contribution in [0.1, 0.15) is 25.3 Å². The zero-order chi connectivity index (χ0) is 18.4. The number of aromatic nitrogens is 1. The molecule has 0 saturated carbocycles. The molecule has 1 amide bonds. The summed E-state index contributed by atoms with van der Waals surface area (Å²) in [5.41, 5.74) is 2.05. The van der Waals surface area contributed by atoms with Crippen molar-refractivity contribution in [1.82, 2.24) is 4.98 Å². The summed E-state index contributed by atoms with van der Waals surface area (Å²) in [6, 6.07) is 13.6. The van der Waals surface area contributed by atoms with Gasteiger partial charge in [0.15, 0.2) is 5.13 Å². The monoisotopic (exact) mass is 370 g/mol. The first-order valence-corrected chi connectivity index (χ1v) is 9.48. The van der Waals surface area contributed by atoms with E-state index >= 15 is 0 Å². The lowest BCUT2D eigenvalue weighted by atomic mass is 10.2. The number of ether oxygens (including phenoxy) is 2. The number of thiazole rings is 1. The average molecular weight is 370 g/mol. The highest BCUT2D eigenvalue weighted by molar-refractivity contribution is 7.22. The van der Waals surface area contributed by atoms with Crippen LogP contribution in [-0.4, -0.2) is 24.1 Å². The number of aryl methyl sites for hydroxylation is 1. The Labute approximate surface area is 157 Å². The molecule has 0 spiro atoms. The first-order chi connectivity index (χ1) is 12.6. The molecule has 0 aliphatic carbocycles. The molecule has 0 bridgehead atoms. The average Bonchev–Trinajstić information content (AvgIpc) is 3.02. The highest BCUT2D eigenvalue weighted by Crippen LogP contribution is 2.29. The molecule has 3 rings (SSSR count). The van der Waals surface area contributed by atoms with E-state index in [1.807, 2.05) is 56.3 Å². The molecule has 0 fully saturated rings. The second kappa shape index (κ2) is 8.67. The fraction of sp³-hybridized carbons (Fsp3) is 0.300. The Hall–Kier alpha value is -2.60. The number of rotatable bonds is 8. The van der Waals surface area contributed by atoms with Gasteiger partial charge in [0.25, 0.3) is 0 Å². The lowest BCUT2D eigenvalue weighted by molar-refractivity contribution is -0.116. The zero-order valence-electron chi connectivity index (χ0n) is 15.0. The molecule has 2 aromatic carbocycles. The van der Waals surface area contributed by atoms with Crippen LogP contribution in [0.3, 0.4) is 0 Å². The Kier molecular flexibility index (Phi) is 6.07. The largest absolute Gasteiger partial charge is 0.494 e. The van der Waals surface area contributed by atoms with Crippen molar-refractivity contribution >= 4 is 32.6 Å². The van der Waals surface area contributed by atoms with Crippen molar-refractivity contribution in [2.45, 2.75) is 26.7 Å². The predicted molar refractivity (Wildman–Crippen MR) is 105 cm³/mol. The van der Waals surface area contributed by atoms with Crippen LogP contribution in [0.4, 0.5) is 5.13 Å². The zero-order valence-corrected chi connectivity index (χ0v) is 15.8. The number of fused-ring (bicyclic) bond motifs is 1. The van der Waals surface area contributed by atoms with Crippen molar-refractivity contribution in [3.8, 4) is 11.5 Å². The molecular formula is C20H22N2O3S. The van der Waals surface area contributed by atoms with E-state index < -0.39 is 0 Å². The highest BCUT2D eigenvalue weighted by Gasteiger charge is 2.09. The van der Waals surface area contributed by atoms with Gasteiger partial charge in [0.05, 0.1) is 23.4 Å². The molecule has 0 saturated heterocycles. The molecule has 1 N–H and O–H groups in total. The van der Waals surface area contributed by atoms with Crippen LogP contribution >= 0.6 is 11.3 Å². The van der Waals surface area contributed by atoms with Crippen LogP contribution in [0.5, 0.6) is 11.5 Å². The highest BCUT2D eigenvalue weighted by atomic mass is 32.1. The molecule has 26 heavy (non-hydrogen) atoms. The van der Waals surface area contributed by atoms with Crippen molar-refractivity contribution in [3.63, 3.8) is 0 Å². The maximum absolute atomic E-state index is 12.1. The van der Waals surface area contributed by atoms with E-state index in [-0.39, 0.29) is 5.91 Å². The van der Waals surface area contributed by atoms with Gasteiger partial charge in [0.2, 0.25) is 5.91 Å². The summed E-state index contributed by atoms with van der Waals surface area (Å²) in [6.07, 6.45) is 1.05. The summed E-state index contributed by atoms with van der Waals surface area (Å²) in [5.74, 6) is 1.59. The normalized spacial score (nSPS) is 10.7. The maximum Gasteiger partial charge on any atom is 0.226 e. The van der Waals surface area contributed by atoms with Crippen LogP contribution in [0, 0.1) is 6.92 Å². The molecule has 0 unspecified atom stereocenters. The molecule has 0 radical (unpaired) electrons. The molecule has 1 aromatic heterocycles. The van der Waals surface area contributed by atoms with Gasteiger partial charge in [-0.3, -0.25) is 4.79 Å². The van der Waals surface area contributed by atoms with E-state index in [4.69, 9.17) is 9.47 Å². The third-order valence-electron chi connectivity index (χ3n) is 3.76. The molecule has 5 nitrogen and oxygen atoms in total. The standard InChI is InChI=1S/C20H22N2O3S/c1-3-24-16-10-11-17-18(13-16)26-20(21-17)22-19(23)5-4-12-25-15-8-6-14(2)7-9-15/h6-11,13H,3-5,12H2,1-2H3,(H,21,22,23). The number of hydrogen-bond donors (Lipinski definition) is 1. The van der Waals surface area contributed by atoms with Crippen molar-refractivity contribution < 1.29 is 14.3 Å². The van der Waals surface area contributed by atoms with Crippen LogP contribution in [0.15, 0.2) is 42.5 Å². The molecule has 0 aliphatic rings. The number of nitrogens with one attached hydrogen (secondary N) is 1. The number of benzene rings is 2. The minimum absolute atomic E-state index is 0.0541. The second-order valence-corrected chi connectivity index (χ2v) is 6.93. The number of hydrogen-bond acceptors (Lipinski definition) is 5. The third-order valence-corrected chi connectivity index (χ3v) is 4.69. The summed E-state index contributed by atoms with van der Waals surface area (Å²) in [4.78, 5) is 16.5.